The lowest BCUT2D eigenvalue weighted by molar-refractivity contribution is -0.0829. The lowest BCUT2D eigenvalue weighted by atomic mass is 10.2. The predicted molar refractivity (Wildman–Crippen MR) is 97.5 cm³/mol. The van der Waals surface area contributed by atoms with E-state index in [1.54, 1.807) is 13.8 Å². The van der Waals surface area contributed by atoms with Gasteiger partial charge in [0.15, 0.2) is 19.0 Å². The fraction of sp³-hybridized carbons (Fsp3) is 0.375. The van der Waals surface area contributed by atoms with Crippen molar-refractivity contribution in [2.45, 2.75) is 25.8 Å². The molecule has 3 aromatic rings. The van der Waals surface area contributed by atoms with E-state index in [-0.39, 0.29) is 28.7 Å². The highest BCUT2D eigenvalue weighted by atomic mass is 19.3. The normalized spacial score (nSPS) is 11.6. The van der Waals surface area contributed by atoms with Crippen LogP contribution < -0.4 is 21.3 Å². The van der Waals surface area contributed by atoms with Crippen LogP contribution in [0.1, 0.15) is 13.8 Å². The van der Waals surface area contributed by atoms with Gasteiger partial charge in [-0.05, 0) is 13.8 Å². The molecule has 30 heavy (non-hydrogen) atoms. The first-order chi connectivity index (χ1) is 14.1. The number of fused-ring (bicyclic) bond motifs is 1. The average molecular weight is 425 g/mol. The maximum Gasteiger partial charge on any atom is 0.407 e. The molecule has 3 N–H and O–H groups in total. The molecule has 0 aliphatic carbocycles. The molecule has 0 spiro atoms. The van der Waals surface area contributed by atoms with E-state index in [0.29, 0.717) is 0 Å². The number of halogens is 2. The van der Waals surface area contributed by atoms with Gasteiger partial charge < -0.3 is 19.8 Å². The number of nitrogens with zero attached hydrogens (tertiary/aromatic N) is 4. The minimum absolute atomic E-state index is 0.00335. The van der Waals surface area contributed by atoms with Gasteiger partial charge in [-0.25, -0.2) is 14.6 Å². The lowest BCUT2D eigenvalue weighted by Gasteiger charge is -2.18. The van der Waals surface area contributed by atoms with E-state index in [1.807, 2.05) is 4.98 Å². The van der Waals surface area contributed by atoms with Gasteiger partial charge in [0.05, 0.1) is 5.56 Å². The van der Waals surface area contributed by atoms with Crippen LogP contribution in [-0.2, 0) is 4.74 Å². The highest BCUT2D eigenvalue weighted by molar-refractivity contribution is 5.67. The Morgan fingerprint density at radius 2 is 2.10 bits per heavy atom. The number of alkyl halides is 2. The third-order valence-corrected chi connectivity index (χ3v) is 3.58. The van der Waals surface area contributed by atoms with Gasteiger partial charge in [0.25, 0.3) is 5.56 Å². The van der Waals surface area contributed by atoms with Crippen LogP contribution in [0.3, 0.4) is 0 Å². The summed E-state index contributed by atoms with van der Waals surface area (Å²) in [5.74, 6) is -3.65. The van der Waals surface area contributed by atoms with Crippen molar-refractivity contribution in [2.24, 2.45) is 0 Å². The number of hydrogen-bond acceptors (Lipinski definition) is 8. The molecular formula is C16H17F2N7O5. The first kappa shape index (κ1) is 20.9. The Bertz CT molecular complexity index is 1170. The molecule has 0 aliphatic rings. The van der Waals surface area contributed by atoms with Gasteiger partial charge in [-0.15, -0.1) is 14.8 Å². The average Bonchev–Trinajstić information content (AvgIpc) is 3.13. The zero-order valence-electron chi connectivity index (χ0n) is 15.8. The molecule has 0 unspecified atom stereocenters. The minimum Gasteiger partial charge on any atom is -0.483 e. The van der Waals surface area contributed by atoms with Crippen LogP contribution in [0.4, 0.5) is 13.6 Å². The summed E-state index contributed by atoms with van der Waals surface area (Å²) in [4.78, 5) is 42.7. The fourth-order valence-electron chi connectivity index (χ4n) is 2.30. The van der Waals surface area contributed by atoms with E-state index in [4.69, 9.17) is 4.74 Å². The molecule has 0 saturated heterocycles. The summed E-state index contributed by atoms with van der Waals surface area (Å²) < 4.78 is 38.8. The van der Waals surface area contributed by atoms with Gasteiger partial charge in [0.2, 0.25) is 5.65 Å². The number of aromatic amines is 2. The molecule has 14 heteroatoms. The summed E-state index contributed by atoms with van der Waals surface area (Å²) >= 11 is 0. The van der Waals surface area contributed by atoms with Crippen LogP contribution >= 0.6 is 0 Å². The Kier molecular flexibility index (Phi) is 5.75. The number of rotatable bonds is 7. The molecule has 12 nitrogen and oxygen atoms in total. The molecule has 3 rings (SSSR count). The van der Waals surface area contributed by atoms with E-state index in [1.165, 1.54) is 6.07 Å². The molecule has 0 radical (unpaired) electrons. The Labute approximate surface area is 166 Å². The van der Waals surface area contributed by atoms with Crippen molar-refractivity contribution in [3.8, 4) is 17.0 Å². The number of aromatic nitrogens is 6. The van der Waals surface area contributed by atoms with Crippen molar-refractivity contribution in [3.63, 3.8) is 0 Å². The van der Waals surface area contributed by atoms with Crippen molar-refractivity contribution >= 4 is 11.7 Å². The molecule has 3 heterocycles. The second kappa shape index (κ2) is 8.26. The highest BCUT2D eigenvalue weighted by Gasteiger charge is 2.33. The molecule has 0 fully saturated rings. The summed E-state index contributed by atoms with van der Waals surface area (Å²) in [5.41, 5.74) is -1.49. The number of H-pyrrole nitrogens is 2. The molecule has 0 atom stereocenters. The molecule has 0 bridgehead atoms. The van der Waals surface area contributed by atoms with Crippen molar-refractivity contribution in [3.05, 3.63) is 39.4 Å². The second-order valence-electron chi connectivity index (χ2n) is 6.47. The monoisotopic (exact) mass is 425 g/mol. The van der Waals surface area contributed by atoms with Crippen molar-refractivity contribution < 1.29 is 23.0 Å². The van der Waals surface area contributed by atoms with Crippen LogP contribution in [0.15, 0.2) is 28.2 Å². The number of nitrogens with one attached hydrogen (secondary N) is 3. The van der Waals surface area contributed by atoms with Gasteiger partial charge in [-0.2, -0.15) is 8.78 Å². The van der Waals surface area contributed by atoms with Gasteiger partial charge in [0, 0.05) is 18.3 Å². The maximum absolute atomic E-state index is 14.1. The Morgan fingerprint density at radius 1 is 1.33 bits per heavy atom. The summed E-state index contributed by atoms with van der Waals surface area (Å²) in [5, 5.41) is 10.2. The predicted octanol–water partition coefficient (Wildman–Crippen LogP) is 0.317. The number of alkyl carbamates (subject to hydrolysis) is 1. The standard InChI is InChI=1S/C16H17F2N7O5/c1-8(2)22-15(28)30-6-16(17,18)5-29-11-3-10(24-25-12(11)20-7-21-25)9-4-19-14(27)23-13(9)26/h3-4,7-8H,5-6H2,1-2H3,(H,22,28)(H2,19,23,26,27). The van der Waals surface area contributed by atoms with E-state index < -0.39 is 36.5 Å². The zero-order chi connectivity index (χ0) is 21.9. The molecule has 0 saturated carbocycles. The zero-order valence-corrected chi connectivity index (χ0v) is 15.8. The third kappa shape index (κ3) is 4.95. The Balaban J connectivity index is 1.80. The maximum atomic E-state index is 14.1. The van der Waals surface area contributed by atoms with Crippen LogP contribution in [0.25, 0.3) is 16.9 Å². The topological polar surface area (TPSA) is 156 Å². The molecule has 0 aromatic carbocycles. The summed E-state index contributed by atoms with van der Waals surface area (Å²) in [6.45, 7) is 0.962. The largest absolute Gasteiger partial charge is 0.483 e. The molecule has 0 aliphatic heterocycles. The fourth-order valence-corrected chi connectivity index (χ4v) is 2.30. The Morgan fingerprint density at radius 3 is 2.80 bits per heavy atom. The number of hydrogen-bond donors (Lipinski definition) is 3. The number of carbonyl (C=O) groups excluding carboxylic acids is 1. The molecule has 3 aromatic heterocycles. The summed E-state index contributed by atoms with van der Waals surface area (Å²) in [6.07, 6.45) is 1.26. The van der Waals surface area contributed by atoms with Crippen molar-refractivity contribution in [1.29, 1.82) is 0 Å². The SMILES string of the molecule is CC(C)NC(=O)OCC(F)(F)COc1cc(-c2c[nH]c(=O)[nH]c2=O)nn2ncnc12. The smallest absolute Gasteiger partial charge is 0.407 e. The van der Waals surface area contributed by atoms with Crippen molar-refractivity contribution in [1.82, 2.24) is 35.1 Å². The third-order valence-electron chi connectivity index (χ3n) is 3.58. The van der Waals surface area contributed by atoms with Gasteiger partial charge in [-0.1, -0.05) is 0 Å². The molecule has 160 valence electrons. The molecular weight excluding hydrogens is 408 g/mol. The van der Waals surface area contributed by atoms with Crippen LogP contribution in [0.2, 0.25) is 0 Å². The van der Waals surface area contributed by atoms with E-state index in [0.717, 1.165) is 17.2 Å². The van der Waals surface area contributed by atoms with Gasteiger partial charge in [-0.3, -0.25) is 9.78 Å². The van der Waals surface area contributed by atoms with Crippen LogP contribution in [-0.4, -0.2) is 61.1 Å². The summed E-state index contributed by atoms with van der Waals surface area (Å²) in [6, 6.07) is 0.935. The van der Waals surface area contributed by atoms with E-state index >= 15 is 0 Å². The highest BCUT2D eigenvalue weighted by Crippen LogP contribution is 2.24. The summed E-state index contributed by atoms with van der Waals surface area (Å²) in [7, 11) is 0. The quantitative estimate of drug-likeness (QED) is 0.488. The molecule has 1 amide bonds. The van der Waals surface area contributed by atoms with Gasteiger partial charge in [0.1, 0.15) is 12.0 Å². The van der Waals surface area contributed by atoms with Crippen LogP contribution in [0.5, 0.6) is 5.75 Å². The van der Waals surface area contributed by atoms with Gasteiger partial charge >= 0.3 is 17.7 Å². The van der Waals surface area contributed by atoms with Crippen LogP contribution in [0, 0.1) is 0 Å². The van der Waals surface area contributed by atoms with E-state index in [2.05, 4.69) is 30.2 Å². The first-order valence-electron chi connectivity index (χ1n) is 8.62. The minimum atomic E-state index is -3.51. The second-order valence-corrected chi connectivity index (χ2v) is 6.47. The number of carbonyl (C=O) groups is 1. The number of amides is 1. The first-order valence-corrected chi connectivity index (χ1v) is 8.62. The van der Waals surface area contributed by atoms with Crippen molar-refractivity contribution in [2.75, 3.05) is 13.2 Å². The number of ether oxygens (including phenoxy) is 2. The Hall–Kier alpha value is -3.84. The van der Waals surface area contributed by atoms with E-state index in [9.17, 15) is 23.2 Å². The lowest BCUT2D eigenvalue weighted by Crippen LogP contribution is -2.37.